The summed E-state index contributed by atoms with van der Waals surface area (Å²) in [6.07, 6.45) is 2.81. The van der Waals surface area contributed by atoms with Crippen LogP contribution in [0.3, 0.4) is 0 Å². The number of aromatic nitrogens is 4. The molecule has 1 saturated heterocycles. The number of imidazole rings is 2. The smallest absolute Gasteiger partial charge is 0.169 e. The predicted octanol–water partition coefficient (Wildman–Crippen LogP) is 11.8. The Kier molecular flexibility index (Phi) is 14.5. The van der Waals surface area contributed by atoms with E-state index in [1.165, 1.54) is 0 Å². The summed E-state index contributed by atoms with van der Waals surface area (Å²) in [4.78, 5) is 9.46. The van der Waals surface area contributed by atoms with E-state index in [9.17, 15) is 5.11 Å². The fourth-order valence-corrected chi connectivity index (χ4v) is 8.54. The lowest BCUT2D eigenvalue weighted by atomic mass is 9.93. The standard InChI is InChI=1S/C24H31BrN2O4Si.C19H23BrN2O2Si/c1-32(2,3)16-15-30-17-27-20-10-9-19(25)22(31-18-7-5-4-6-8-18)21(20)26-23(27)24(28)11-13-29-14-12-24;1-25(2,3)12-11-23-14-22-13-21-18-17(22)10-9-16(20)19(18)24-15-7-5-4-6-8-15/h4-10,28H,11-17H2,1-3H3;4-10,13H,11-12,14H2,1-3H3. The number of nitrogens with zero attached hydrogens (tertiary/aromatic N) is 4. The van der Waals surface area contributed by atoms with Gasteiger partial charge in [-0.3, -0.25) is 0 Å². The number of halogens is 2. The number of hydrogen-bond donors (Lipinski definition) is 1. The third-order valence-corrected chi connectivity index (χ3v) is 14.3. The van der Waals surface area contributed by atoms with Gasteiger partial charge in [-0.1, -0.05) is 75.7 Å². The minimum atomic E-state index is -1.20. The molecule has 1 N–H and O–H groups in total. The molecular weight excluding hydrogens is 884 g/mol. The number of benzene rings is 4. The Hall–Kier alpha value is -3.35. The van der Waals surface area contributed by atoms with E-state index in [2.05, 4.69) is 76.1 Å². The fourth-order valence-electron chi connectivity index (χ4n) is 6.23. The third-order valence-electron chi connectivity index (χ3n) is 9.63. The van der Waals surface area contributed by atoms with Crippen molar-refractivity contribution in [2.24, 2.45) is 0 Å². The van der Waals surface area contributed by atoms with E-state index in [1.54, 1.807) is 0 Å². The van der Waals surface area contributed by atoms with Gasteiger partial charge in [-0.25, -0.2) is 9.97 Å². The van der Waals surface area contributed by atoms with Crippen LogP contribution >= 0.6 is 31.9 Å². The Bertz CT molecular complexity index is 2220. The Morgan fingerprint density at radius 1 is 0.684 bits per heavy atom. The summed E-state index contributed by atoms with van der Waals surface area (Å²) in [7, 11) is -2.26. The maximum absolute atomic E-state index is 11.5. The Balaban J connectivity index is 0.000000199. The summed E-state index contributed by atoms with van der Waals surface area (Å²) >= 11 is 7.19. The van der Waals surface area contributed by atoms with Gasteiger partial charge in [0.15, 0.2) is 11.5 Å². The molecule has 0 bridgehead atoms. The second kappa shape index (κ2) is 19.1. The maximum Gasteiger partial charge on any atom is 0.169 e. The van der Waals surface area contributed by atoms with Gasteiger partial charge in [0, 0.05) is 55.4 Å². The monoisotopic (exact) mass is 936 g/mol. The van der Waals surface area contributed by atoms with Crippen molar-refractivity contribution in [2.45, 2.75) is 83.3 Å². The van der Waals surface area contributed by atoms with Crippen LogP contribution in [0.2, 0.25) is 51.4 Å². The summed E-state index contributed by atoms with van der Waals surface area (Å²) in [5.41, 5.74) is 2.35. The highest BCUT2D eigenvalue weighted by Gasteiger charge is 2.38. The first-order valence-corrected chi connectivity index (χ1v) is 28.4. The average molecular weight is 939 g/mol. The van der Waals surface area contributed by atoms with Gasteiger partial charge >= 0.3 is 0 Å². The number of fused-ring (bicyclic) bond motifs is 2. The molecule has 1 aliphatic heterocycles. The molecule has 0 saturated carbocycles. The summed E-state index contributed by atoms with van der Waals surface area (Å²) in [6.45, 7) is 17.4. The van der Waals surface area contributed by atoms with E-state index < -0.39 is 21.7 Å². The first-order chi connectivity index (χ1) is 27.2. The summed E-state index contributed by atoms with van der Waals surface area (Å²) in [6, 6.07) is 29.6. The lowest BCUT2D eigenvalue weighted by Gasteiger charge is -2.31. The summed E-state index contributed by atoms with van der Waals surface area (Å²) in [5, 5.41) is 11.5. The highest BCUT2D eigenvalue weighted by Crippen LogP contribution is 2.41. The number of para-hydroxylation sites is 2. The Morgan fingerprint density at radius 2 is 1.19 bits per heavy atom. The van der Waals surface area contributed by atoms with Crippen LogP contribution in [0.15, 0.2) is 100 Å². The van der Waals surface area contributed by atoms with Gasteiger partial charge in [-0.05, 0) is 92.5 Å². The predicted molar refractivity (Wildman–Crippen MR) is 240 cm³/mol. The second-order valence-electron chi connectivity index (χ2n) is 16.7. The first-order valence-electron chi connectivity index (χ1n) is 19.4. The molecule has 0 aliphatic carbocycles. The number of aliphatic hydroxyl groups is 1. The van der Waals surface area contributed by atoms with Crippen molar-refractivity contribution in [3.8, 4) is 23.0 Å². The molecule has 0 radical (unpaired) electrons. The molecule has 7 rings (SSSR count). The molecule has 4 aromatic carbocycles. The minimum absolute atomic E-state index is 0.339. The van der Waals surface area contributed by atoms with Gasteiger partial charge in [-0.15, -0.1) is 0 Å². The van der Waals surface area contributed by atoms with Crippen LogP contribution in [-0.4, -0.2) is 66.8 Å². The molecule has 0 amide bonds. The first kappa shape index (κ1) is 43.2. The van der Waals surface area contributed by atoms with Gasteiger partial charge in [0.2, 0.25) is 0 Å². The normalized spacial score (nSPS) is 14.4. The van der Waals surface area contributed by atoms with E-state index in [1.807, 2.05) is 100 Å². The Morgan fingerprint density at radius 3 is 1.74 bits per heavy atom. The minimum Gasteiger partial charge on any atom is -0.454 e. The second-order valence-corrected chi connectivity index (χ2v) is 29.7. The summed E-state index contributed by atoms with van der Waals surface area (Å²) < 4.78 is 35.4. The lowest BCUT2D eigenvalue weighted by molar-refractivity contribution is -0.0777. The third kappa shape index (κ3) is 11.7. The van der Waals surface area contributed by atoms with E-state index in [0.717, 1.165) is 61.4 Å². The zero-order chi connectivity index (χ0) is 40.6. The molecule has 0 atom stereocenters. The van der Waals surface area contributed by atoms with Gasteiger partial charge in [0.1, 0.15) is 47.4 Å². The number of rotatable bonds is 15. The largest absolute Gasteiger partial charge is 0.454 e. The van der Waals surface area contributed by atoms with Crippen molar-refractivity contribution >= 4 is 70.1 Å². The zero-order valence-corrected chi connectivity index (χ0v) is 38.9. The quantitative estimate of drug-likeness (QED) is 0.0802. The van der Waals surface area contributed by atoms with Crippen molar-refractivity contribution in [1.29, 1.82) is 0 Å². The maximum atomic E-state index is 11.5. The molecule has 1 aliphatic rings. The van der Waals surface area contributed by atoms with Gasteiger partial charge < -0.3 is 37.9 Å². The average Bonchev–Trinajstić information content (AvgIpc) is 3.77. The van der Waals surface area contributed by atoms with Crippen molar-refractivity contribution in [1.82, 2.24) is 19.1 Å². The van der Waals surface area contributed by atoms with Crippen LogP contribution in [0.5, 0.6) is 23.0 Å². The van der Waals surface area contributed by atoms with Crippen LogP contribution in [-0.2, 0) is 33.3 Å². The lowest BCUT2D eigenvalue weighted by Crippen LogP contribution is -2.36. The molecule has 1 fully saturated rings. The van der Waals surface area contributed by atoms with Crippen LogP contribution in [0, 0.1) is 0 Å². The van der Waals surface area contributed by atoms with E-state index >= 15 is 0 Å². The van der Waals surface area contributed by atoms with Crippen molar-refractivity contribution < 1.29 is 28.8 Å². The number of hydrogen-bond acceptors (Lipinski definition) is 8. The molecule has 0 unspecified atom stereocenters. The summed E-state index contributed by atoms with van der Waals surface area (Å²) in [5.74, 6) is 3.49. The number of ether oxygens (including phenoxy) is 5. The topological polar surface area (TPSA) is 102 Å². The fraction of sp³-hybridized carbons (Fsp3) is 0.395. The van der Waals surface area contributed by atoms with Crippen LogP contribution in [0.25, 0.3) is 22.1 Å². The van der Waals surface area contributed by atoms with E-state index in [-0.39, 0.29) is 0 Å². The molecule has 304 valence electrons. The highest BCUT2D eigenvalue weighted by molar-refractivity contribution is 9.11. The molecule has 2 aromatic heterocycles. The van der Waals surface area contributed by atoms with Crippen molar-refractivity contribution in [3.05, 3.63) is 106 Å². The molecule has 6 aromatic rings. The molecular formula is C43H54Br2N4O6Si2. The molecule has 14 heteroatoms. The van der Waals surface area contributed by atoms with E-state index in [4.69, 9.17) is 28.7 Å². The van der Waals surface area contributed by atoms with Gasteiger partial charge in [0.05, 0.1) is 26.3 Å². The van der Waals surface area contributed by atoms with Gasteiger partial charge in [0.25, 0.3) is 0 Å². The molecule has 57 heavy (non-hydrogen) atoms. The van der Waals surface area contributed by atoms with Crippen LogP contribution < -0.4 is 9.47 Å². The van der Waals surface area contributed by atoms with Crippen LogP contribution in [0.1, 0.15) is 18.7 Å². The SMILES string of the molecule is C[Si](C)(C)CCOCn1c(C2(O)CCOCC2)nc2c(Oc3ccccc3)c(Br)ccc21.C[Si](C)(C)CCOCn1cnc2c(Oc3ccccc3)c(Br)ccc21. The Labute approximate surface area is 354 Å². The molecule has 10 nitrogen and oxygen atoms in total. The van der Waals surface area contributed by atoms with Crippen molar-refractivity contribution in [2.75, 3.05) is 26.4 Å². The van der Waals surface area contributed by atoms with Crippen LogP contribution in [0.4, 0.5) is 0 Å². The van der Waals surface area contributed by atoms with Crippen molar-refractivity contribution in [3.63, 3.8) is 0 Å². The highest BCUT2D eigenvalue weighted by atomic mass is 79.9. The molecule has 0 spiro atoms. The van der Waals surface area contributed by atoms with Gasteiger partial charge in [-0.2, -0.15) is 0 Å². The van der Waals surface area contributed by atoms with E-state index in [0.29, 0.717) is 63.2 Å². The zero-order valence-electron chi connectivity index (χ0n) is 33.8. The molecule has 3 heterocycles.